The van der Waals surface area contributed by atoms with Gasteiger partial charge in [0.25, 0.3) is 5.91 Å². The quantitative estimate of drug-likeness (QED) is 0.748. The van der Waals surface area contributed by atoms with E-state index >= 15 is 0 Å². The zero-order valence-corrected chi connectivity index (χ0v) is 14.4. The fraction of sp³-hybridized carbons (Fsp3) is 0.263. The summed E-state index contributed by atoms with van der Waals surface area (Å²) in [6, 6.07) is 8.60. The lowest BCUT2D eigenvalue weighted by Gasteiger charge is -2.12. The molecule has 8 heteroatoms. The smallest absolute Gasteiger partial charge is 0.319 e. The number of ether oxygens (including phenoxy) is 1. The number of amides is 3. The van der Waals surface area contributed by atoms with Crippen molar-refractivity contribution in [2.24, 2.45) is 0 Å². The van der Waals surface area contributed by atoms with Crippen molar-refractivity contribution in [3.8, 4) is 0 Å². The zero-order chi connectivity index (χ0) is 19.2. The van der Waals surface area contributed by atoms with Crippen molar-refractivity contribution >= 4 is 23.3 Å². The number of benzene rings is 2. The van der Waals surface area contributed by atoms with Crippen molar-refractivity contribution < 1.29 is 23.1 Å². The number of anilines is 2. The zero-order valence-electron chi connectivity index (χ0n) is 14.4. The Morgan fingerprint density at radius 2 is 1.63 bits per heavy atom. The lowest BCUT2D eigenvalue weighted by Crippen LogP contribution is -2.35. The molecule has 6 nitrogen and oxygen atoms in total. The van der Waals surface area contributed by atoms with Crippen LogP contribution in [0.15, 0.2) is 42.5 Å². The van der Waals surface area contributed by atoms with Gasteiger partial charge in [-0.1, -0.05) is 0 Å². The van der Waals surface area contributed by atoms with Crippen LogP contribution in [-0.2, 0) is 4.74 Å². The van der Waals surface area contributed by atoms with E-state index in [1.165, 1.54) is 0 Å². The average Bonchev–Trinajstić information content (AvgIpc) is 3.14. The average molecular weight is 375 g/mol. The number of halogens is 2. The van der Waals surface area contributed by atoms with Gasteiger partial charge in [0.15, 0.2) is 0 Å². The SMILES string of the molecule is O=C(NCC1CCCO1)Nc1ccc(NC(=O)c2cc(F)cc(F)c2)cc1. The van der Waals surface area contributed by atoms with Gasteiger partial charge in [-0.05, 0) is 49.2 Å². The number of carbonyl (C=O) groups is 2. The molecule has 142 valence electrons. The van der Waals surface area contributed by atoms with E-state index in [1.54, 1.807) is 24.3 Å². The molecule has 0 spiro atoms. The lowest BCUT2D eigenvalue weighted by molar-refractivity contribution is 0.102. The summed E-state index contributed by atoms with van der Waals surface area (Å²) in [5.41, 5.74) is 0.841. The molecule has 1 aliphatic rings. The standard InChI is InChI=1S/C19H19F2N3O3/c20-13-8-12(9-14(21)10-13)18(25)23-15-3-5-16(6-4-15)24-19(26)22-11-17-2-1-7-27-17/h3-6,8-10,17H,1-2,7,11H2,(H,23,25)(H2,22,24,26). The molecule has 3 N–H and O–H groups in total. The van der Waals surface area contributed by atoms with Crippen LogP contribution in [0.25, 0.3) is 0 Å². The molecule has 1 aliphatic heterocycles. The molecule has 1 unspecified atom stereocenters. The predicted molar refractivity (Wildman–Crippen MR) is 96.7 cm³/mol. The van der Waals surface area contributed by atoms with Gasteiger partial charge in [0, 0.05) is 36.2 Å². The van der Waals surface area contributed by atoms with Crippen LogP contribution in [0.2, 0.25) is 0 Å². The van der Waals surface area contributed by atoms with Crippen LogP contribution >= 0.6 is 0 Å². The summed E-state index contributed by atoms with van der Waals surface area (Å²) in [4.78, 5) is 23.9. The van der Waals surface area contributed by atoms with Gasteiger partial charge < -0.3 is 20.7 Å². The first kappa shape index (κ1) is 18.8. The maximum atomic E-state index is 13.2. The number of carbonyl (C=O) groups excluding carboxylic acids is 2. The molecule has 0 radical (unpaired) electrons. The van der Waals surface area contributed by atoms with Crippen LogP contribution < -0.4 is 16.0 Å². The van der Waals surface area contributed by atoms with Crippen LogP contribution in [0.3, 0.4) is 0 Å². The first-order valence-electron chi connectivity index (χ1n) is 8.53. The number of nitrogens with one attached hydrogen (secondary N) is 3. The van der Waals surface area contributed by atoms with E-state index in [1.807, 2.05) is 0 Å². The van der Waals surface area contributed by atoms with E-state index in [4.69, 9.17) is 4.74 Å². The van der Waals surface area contributed by atoms with E-state index < -0.39 is 17.5 Å². The monoisotopic (exact) mass is 375 g/mol. The van der Waals surface area contributed by atoms with Crippen molar-refractivity contribution in [3.63, 3.8) is 0 Å². The van der Waals surface area contributed by atoms with Gasteiger partial charge in [-0.3, -0.25) is 4.79 Å². The van der Waals surface area contributed by atoms with Gasteiger partial charge >= 0.3 is 6.03 Å². The second kappa shape index (κ2) is 8.59. The minimum absolute atomic E-state index is 0.0565. The fourth-order valence-electron chi connectivity index (χ4n) is 2.71. The number of rotatable bonds is 5. The molecule has 1 saturated heterocycles. The lowest BCUT2D eigenvalue weighted by atomic mass is 10.2. The van der Waals surface area contributed by atoms with Crippen LogP contribution in [-0.4, -0.2) is 31.2 Å². The third-order valence-electron chi connectivity index (χ3n) is 4.04. The van der Waals surface area contributed by atoms with E-state index in [2.05, 4.69) is 16.0 Å². The van der Waals surface area contributed by atoms with Crippen LogP contribution in [0.1, 0.15) is 23.2 Å². The normalized spacial score (nSPS) is 16.0. The molecular weight excluding hydrogens is 356 g/mol. The Kier molecular flexibility index (Phi) is 5.97. The third-order valence-corrected chi connectivity index (χ3v) is 4.04. The highest BCUT2D eigenvalue weighted by Crippen LogP contribution is 2.16. The molecule has 0 aromatic heterocycles. The molecule has 3 rings (SSSR count). The summed E-state index contributed by atoms with van der Waals surface area (Å²) < 4.78 is 31.8. The number of hydrogen-bond donors (Lipinski definition) is 3. The molecule has 0 aliphatic carbocycles. The summed E-state index contributed by atoms with van der Waals surface area (Å²) in [5, 5.41) is 7.95. The molecule has 1 fully saturated rings. The molecule has 1 heterocycles. The highest BCUT2D eigenvalue weighted by molar-refractivity contribution is 6.04. The maximum Gasteiger partial charge on any atom is 0.319 e. The maximum absolute atomic E-state index is 13.2. The van der Waals surface area contributed by atoms with E-state index in [0.29, 0.717) is 24.0 Å². The molecule has 0 saturated carbocycles. The van der Waals surface area contributed by atoms with Crippen LogP contribution in [0.5, 0.6) is 0 Å². The van der Waals surface area contributed by atoms with Gasteiger partial charge in [0.1, 0.15) is 11.6 Å². The topological polar surface area (TPSA) is 79.5 Å². The van der Waals surface area contributed by atoms with Crippen molar-refractivity contribution in [1.82, 2.24) is 5.32 Å². The van der Waals surface area contributed by atoms with Crippen molar-refractivity contribution in [1.29, 1.82) is 0 Å². The Morgan fingerprint density at radius 1 is 1.00 bits per heavy atom. The summed E-state index contributed by atoms with van der Waals surface area (Å²) in [7, 11) is 0. The Bertz CT molecular complexity index is 801. The second-order valence-corrected chi connectivity index (χ2v) is 6.16. The van der Waals surface area contributed by atoms with Gasteiger partial charge in [-0.2, -0.15) is 0 Å². The highest BCUT2D eigenvalue weighted by atomic mass is 19.1. The minimum atomic E-state index is -0.825. The molecule has 0 bridgehead atoms. The van der Waals surface area contributed by atoms with Crippen molar-refractivity contribution in [2.75, 3.05) is 23.8 Å². The summed E-state index contributed by atoms with van der Waals surface area (Å²) >= 11 is 0. The molecule has 2 aromatic carbocycles. The number of hydrogen-bond acceptors (Lipinski definition) is 3. The van der Waals surface area contributed by atoms with Crippen molar-refractivity contribution in [3.05, 3.63) is 59.7 Å². The Hall–Kier alpha value is -3.00. The summed E-state index contributed by atoms with van der Waals surface area (Å²) in [5.74, 6) is -2.29. The van der Waals surface area contributed by atoms with E-state index in [-0.39, 0.29) is 17.7 Å². The molecule has 3 amide bonds. The summed E-state index contributed by atoms with van der Waals surface area (Å²) in [6.07, 6.45) is 1.99. The second-order valence-electron chi connectivity index (χ2n) is 6.16. The summed E-state index contributed by atoms with van der Waals surface area (Å²) in [6.45, 7) is 1.17. The largest absolute Gasteiger partial charge is 0.376 e. The van der Waals surface area contributed by atoms with Gasteiger partial charge in [-0.15, -0.1) is 0 Å². The fourth-order valence-corrected chi connectivity index (χ4v) is 2.71. The highest BCUT2D eigenvalue weighted by Gasteiger charge is 2.16. The Balaban J connectivity index is 1.51. The van der Waals surface area contributed by atoms with E-state index in [9.17, 15) is 18.4 Å². The first-order valence-corrected chi connectivity index (χ1v) is 8.53. The molecular formula is C19H19F2N3O3. The molecule has 27 heavy (non-hydrogen) atoms. The Labute approximate surface area is 154 Å². The first-order chi connectivity index (χ1) is 13.0. The van der Waals surface area contributed by atoms with Gasteiger partial charge in [0.2, 0.25) is 0 Å². The van der Waals surface area contributed by atoms with Gasteiger partial charge in [-0.25, -0.2) is 13.6 Å². The van der Waals surface area contributed by atoms with Crippen molar-refractivity contribution in [2.45, 2.75) is 18.9 Å². The van der Waals surface area contributed by atoms with Gasteiger partial charge in [0.05, 0.1) is 6.10 Å². The number of urea groups is 1. The van der Waals surface area contributed by atoms with Crippen LogP contribution in [0, 0.1) is 11.6 Å². The molecule has 1 atom stereocenters. The van der Waals surface area contributed by atoms with Crippen LogP contribution in [0.4, 0.5) is 25.0 Å². The third kappa shape index (κ3) is 5.49. The molecule has 2 aromatic rings. The minimum Gasteiger partial charge on any atom is -0.376 e. The predicted octanol–water partition coefficient (Wildman–Crippen LogP) is 3.52. The van der Waals surface area contributed by atoms with E-state index in [0.717, 1.165) is 31.6 Å². The Morgan fingerprint density at radius 3 is 2.22 bits per heavy atom.